The van der Waals surface area contributed by atoms with Crippen molar-refractivity contribution in [2.45, 2.75) is 32.0 Å². The molecule has 0 aliphatic carbocycles. The largest absolute Gasteiger partial charge is 0.390 e. The number of aliphatic hydroxyl groups is 1. The number of likely N-dealkylation sites (tertiary alicyclic amines) is 1. The van der Waals surface area contributed by atoms with Crippen LogP contribution in [0.3, 0.4) is 0 Å². The SMILES string of the molecule is CC(C)N1C[C@H](N)[C@@H](O)C1. The fraction of sp³-hybridized carbons (Fsp3) is 1.00. The van der Waals surface area contributed by atoms with Crippen molar-refractivity contribution in [3.05, 3.63) is 0 Å². The van der Waals surface area contributed by atoms with Crippen molar-refractivity contribution in [2.75, 3.05) is 13.1 Å². The Balaban J connectivity index is 2.41. The molecule has 3 N–H and O–H groups in total. The third kappa shape index (κ3) is 1.48. The molecule has 1 aliphatic rings. The zero-order valence-electron chi connectivity index (χ0n) is 6.62. The fourth-order valence-corrected chi connectivity index (χ4v) is 1.26. The second-order valence-electron chi connectivity index (χ2n) is 3.28. The maximum atomic E-state index is 9.25. The van der Waals surface area contributed by atoms with Crippen LogP contribution in [0.4, 0.5) is 0 Å². The van der Waals surface area contributed by atoms with Crippen LogP contribution in [0.1, 0.15) is 13.8 Å². The highest BCUT2D eigenvalue weighted by molar-refractivity contribution is 4.87. The molecule has 3 nitrogen and oxygen atoms in total. The average Bonchev–Trinajstić information content (AvgIpc) is 2.13. The van der Waals surface area contributed by atoms with Crippen molar-refractivity contribution in [3.63, 3.8) is 0 Å². The molecule has 0 amide bonds. The van der Waals surface area contributed by atoms with Crippen molar-refractivity contribution < 1.29 is 5.11 Å². The molecule has 0 saturated carbocycles. The van der Waals surface area contributed by atoms with Crippen LogP contribution in [-0.2, 0) is 0 Å². The fourth-order valence-electron chi connectivity index (χ4n) is 1.26. The maximum Gasteiger partial charge on any atom is 0.0830 e. The number of nitrogens with two attached hydrogens (primary N) is 1. The third-order valence-electron chi connectivity index (χ3n) is 2.09. The summed E-state index contributed by atoms with van der Waals surface area (Å²) in [7, 11) is 0. The lowest BCUT2D eigenvalue weighted by molar-refractivity contribution is 0.158. The number of hydrogen-bond acceptors (Lipinski definition) is 3. The van der Waals surface area contributed by atoms with Crippen molar-refractivity contribution in [3.8, 4) is 0 Å². The van der Waals surface area contributed by atoms with Gasteiger partial charge in [-0.15, -0.1) is 0 Å². The van der Waals surface area contributed by atoms with E-state index in [1.165, 1.54) is 0 Å². The molecule has 0 unspecified atom stereocenters. The van der Waals surface area contributed by atoms with Gasteiger partial charge in [0.25, 0.3) is 0 Å². The van der Waals surface area contributed by atoms with E-state index in [9.17, 15) is 5.11 Å². The van der Waals surface area contributed by atoms with Crippen LogP contribution >= 0.6 is 0 Å². The lowest BCUT2D eigenvalue weighted by Crippen LogP contribution is -2.33. The van der Waals surface area contributed by atoms with Crippen molar-refractivity contribution >= 4 is 0 Å². The molecule has 10 heavy (non-hydrogen) atoms. The molecule has 1 fully saturated rings. The molecule has 0 aromatic heterocycles. The molecular weight excluding hydrogens is 128 g/mol. The first-order valence-corrected chi connectivity index (χ1v) is 3.79. The Bertz CT molecular complexity index is 106. The van der Waals surface area contributed by atoms with Gasteiger partial charge >= 0.3 is 0 Å². The van der Waals surface area contributed by atoms with Gasteiger partial charge in [0.05, 0.1) is 6.10 Å². The molecule has 60 valence electrons. The highest BCUT2D eigenvalue weighted by Crippen LogP contribution is 2.10. The highest BCUT2D eigenvalue weighted by Gasteiger charge is 2.29. The Kier molecular flexibility index (Phi) is 2.28. The standard InChI is InChI=1S/C7H16N2O/c1-5(2)9-3-6(8)7(10)4-9/h5-7,10H,3-4,8H2,1-2H3/t6-,7-/m0/s1. The van der Waals surface area contributed by atoms with Crippen LogP contribution in [0.15, 0.2) is 0 Å². The van der Waals surface area contributed by atoms with E-state index in [0.29, 0.717) is 6.04 Å². The average molecular weight is 144 g/mol. The number of nitrogens with zero attached hydrogens (tertiary/aromatic N) is 1. The quantitative estimate of drug-likeness (QED) is 0.516. The second-order valence-corrected chi connectivity index (χ2v) is 3.28. The highest BCUT2D eigenvalue weighted by atomic mass is 16.3. The van der Waals surface area contributed by atoms with Gasteiger partial charge in [-0.1, -0.05) is 0 Å². The molecule has 0 aromatic carbocycles. The first-order valence-electron chi connectivity index (χ1n) is 3.79. The molecule has 1 saturated heterocycles. The summed E-state index contributed by atoms with van der Waals surface area (Å²) in [6, 6.07) is 0.464. The summed E-state index contributed by atoms with van der Waals surface area (Å²) in [5, 5.41) is 9.25. The van der Waals surface area contributed by atoms with E-state index in [1.54, 1.807) is 0 Å². The van der Waals surface area contributed by atoms with E-state index in [1.807, 2.05) is 0 Å². The van der Waals surface area contributed by atoms with Crippen LogP contribution in [0.25, 0.3) is 0 Å². The van der Waals surface area contributed by atoms with E-state index < -0.39 is 0 Å². The topological polar surface area (TPSA) is 49.5 Å². The maximum absolute atomic E-state index is 9.25. The van der Waals surface area contributed by atoms with Gasteiger partial charge in [-0.2, -0.15) is 0 Å². The summed E-state index contributed by atoms with van der Waals surface area (Å²) < 4.78 is 0. The monoisotopic (exact) mass is 144 g/mol. The predicted molar refractivity (Wildman–Crippen MR) is 40.7 cm³/mol. The van der Waals surface area contributed by atoms with Gasteiger partial charge in [-0.05, 0) is 13.8 Å². The van der Waals surface area contributed by atoms with Crippen LogP contribution < -0.4 is 5.73 Å². The van der Waals surface area contributed by atoms with Gasteiger partial charge in [0.1, 0.15) is 0 Å². The van der Waals surface area contributed by atoms with Crippen LogP contribution in [-0.4, -0.2) is 41.3 Å². The summed E-state index contributed by atoms with van der Waals surface area (Å²) in [6.07, 6.45) is -0.317. The molecule has 2 atom stereocenters. The number of β-amino-alcohol motifs (C(OH)–C–C–N with tert-alkyl or cyclic N) is 1. The minimum Gasteiger partial charge on any atom is -0.390 e. The molecule has 0 spiro atoms. The van der Waals surface area contributed by atoms with Gasteiger partial charge in [0.15, 0.2) is 0 Å². The Hall–Kier alpha value is -0.120. The van der Waals surface area contributed by atoms with Crippen molar-refractivity contribution in [2.24, 2.45) is 5.73 Å². The van der Waals surface area contributed by atoms with Crippen LogP contribution in [0, 0.1) is 0 Å². The number of rotatable bonds is 1. The molecular formula is C7H16N2O. The molecule has 0 bridgehead atoms. The minimum absolute atomic E-state index is 0.0394. The molecule has 0 radical (unpaired) electrons. The minimum atomic E-state index is -0.317. The smallest absolute Gasteiger partial charge is 0.0830 e. The first-order chi connectivity index (χ1) is 4.61. The zero-order chi connectivity index (χ0) is 7.72. The van der Waals surface area contributed by atoms with Gasteiger partial charge < -0.3 is 10.8 Å². The molecule has 1 heterocycles. The predicted octanol–water partition coefficient (Wildman–Crippen LogP) is -0.601. The Labute approximate surface area is 61.8 Å². The summed E-state index contributed by atoms with van der Waals surface area (Å²) in [6.45, 7) is 5.80. The van der Waals surface area contributed by atoms with E-state index in [2.05, 4.69) is 18.7 Å². The lowest BCUT2D eigenvalue weighted by Gasteiger charge is -2.18. The van der Waals surface area contributed by atoms with Crippen molar-refractivity contribution in [1.82, 2.24) is 4.90 Å². The normalized spacial score (nSPS) is 35.7. The first kappa shape index (κ1) is 7.98. The Morgan fingerprint density at radius 3 is 2.30 bits per heavy atom. The van der Waals surface area contributed by atoms with E-state index >= 15 is 0 Å². The van der Waals surface area contributed by atoms with Crippen LogP contribution in [0.2, 0.25) is 0 Å². The Morgan fingerprint density at radius 1 is 1.50 bits per heavy atom. The summed E-state index contributed by atoms with van der Waals surface area (Å²) >= 11 is 0. The van der Waals surface area contributed by atoms with Gasteiger partial charge in [0, 0.05) is 25.2 Å². The molecule has 1 aliphatic heterocycles. The zero-order valence-corrected chi connectivity index (χ0v) is 6.62. The van der Waals surface area contributed by atoms with E-state index in [-0.39, 0.29) is 12.1 Å². The van der Waals surface area contributed by atoms with Gasteiger partial charge in [-0.25, -0.2) is 0 Å². The lowest BCUT2D eigenvalue weighted by atomic mass is 10.2. The molecule has 3 heteroatoms. The molecule has 1 rings (SSSR count). The second kappa shape index (κ2) is 2.86. The summed E-state index contributed by atoms with van der Waals surface area (Å²) in [4.78, 5) is 2.19. The summed E-state index contributed by atoms with van der Waals surface area (Å²) in [5.41, 5.74) is 5.61. The number of hydrogen-bond donors (Lipinski definition) is 2. The van der Waals surface area contributed by atoms with Crippen LogP contribution in [0.5, 0.6) is 0 Å². The van der Waals surface area contributed by atoms with Crippen molar-refractivity contribution in [1.29, 1.82) is 0 Å². The molecule has 0 aromatic rings. The summed E-state index contributed by atoms with van der Waals surface area (Å²) in [5.74, 6) is 0. The van der Waals surface area contributed by atoms with E-state index in [4.69, 9.17) is 5.73 Å². The van der Waals surface area contributed by atoms with Gasteiger partial charge in [0.2, 0.25) is 0 Å². The number of aliphatic hydroxyl groups excluding tert-OH is 1. The third-order valence-corrected chi connectivity index (χ3v) is 2.09. The van der Waals surface area contributed by atoms with Gasteiger partial charge in [-0.3, -0.25) is 4.90 Å². The van der Waals surface area contributed by atoms with E-state index in [0.717, 1.165) is 13.1 Å². The Morgan fingerprint density at radius 2 is 2.10 bits per heavy atom.